The second-order valence-electron chi connectivity index (χ2n) is 4.24. The van der Waals surface area contributed by atoms with Crippen LogP contribution in [-0.4, -0.2) is 29.5 Å². The lowest BCUT2D eigenvalue weighted by molar-refractivity contribution is -0.121. The lowest BCUT2D eigenvalue weighted by Crippen LogP contribution is -2.48. The molecule has 1 rings (SSSR count). The van der Waals surface area contributed by atoms with E-state index in [1.54, 1.807) is 26.2 Å². The maximum atomic E-state index is 11.7. The predicted octanol–water partition coefficient (Wildman–Crippen LogP) is 0.966. The van der Waals surface area contributed by atoms with E-state index in [-0.39, 0.29) is 11.9 Å². The summed E-state index contributed by atoms with van der Waals surface area (Å²) in [4.78, 5) is 26.9. The average Bonchev–Trinajstić information content (AvgIpc) is 2.39. The van der Waals surface area contributed by atoms with E-state index in [2.05, 4.69) is 20.9 Å². The molecule has 3 N–H and O–H groups in total. The molecule has 0 aromatic carbocycles. The number of nitrogens with zero attached hydrogens (tertiary/aromatic N) is 1. The standard InChI is InChI=1S/C13H20N4O2/c1-4-15-13(19)17-12(18)10(3)16-9(2)11-5-7-14-8-6-11/h5-10,16H,4H2,1-3H3,(H2,15,17,18,19)/t9-,10?/m0/s1. The molecule has 0 fully saturated rings. The van der Waals surface area contributed by atoms with Crippen LogP contribution in [0.25, 0.3) is 0 Å². The number of carbonyl (C=O) groups excluding carboxylic acids is 2. The highest BCUT2D eigenvalue weighted by Crippen LogP contribution is 2.10. The first kappa shape index (κ1) is 15.1. The first-order valence-electron chi connectivity index (χ1n) is 6.29. The van der Waals surface area contributed by atoms with Crippen molar-refractivity contribution in [3.05, 3.63) is 30.1 Å². The van der Waals surface area contributed by atoms with Gasteiger partial charge in [0.05, 0.1) is 6.04 Å². The predicted molar refractivity (Wildman–Crippen MR) is 72.5 cm³/mol. The number of hydrogen-bond acceptors (Lipinski definition) is 4. The molecule has 0 radical (unpaired) electrons. The number of carbonyl (C=O) groups is 2. The molecular weight excluding hydrogens is 244 g/mol. The Morgan fingerprint density at radius 1 is 1.26 bits per heavy atom. The summed E-state index contributed by atoms with van der Waals surface area (Å²) in [5, 5.41) is 7.91. The molecule has 19 heavy (non-hydrogen) atoms. The molecule has 0 saturated heterocycles. The van der Waals surface area contributed by atoms with Gasteiger partial charge in [-0.15, -0.1) is 0 Å². The van der Waals surface area contributed by atoms with E-state index in [0.717, 1.165) is 5.56 Å². The van der Waals surface area contributed by atoms with Crippen molar-refractivity contribution in [1.29, 1.82) is 0 Å². The summed E-state index contributed by atoms with van der Waals surface area (Å²) in [6, 6.07) is 2.82. The molecule has 0 aliphatic heterocycles. The van der Waals surface area contributed by atoms with Crippen LogP contribution in [0.2, 0.25) is 0 Å². The van der Waals surface area contributed by atoms with E-state index in [1.807, 2.05) is 19.1 Å². The van der Waals surface area contributed by atoms with Gasteiger partial charge in [-0.25, -0.2) is 4.79 Å². The Balaban J connectivity index is 2.48. The molecule has 0 aliphatic carbocycles. The summed E-state index contributed by atoms with van der Waals surface area (Å²) in [7, 11) is 0. The number of imide groups is 1. The third-order valence-corrected chi connectivity index (χ3v) is 2.67. The van der Waals surface area contributed by atoms with Crippen molar-refractivity contribution in [2.75, 3.05) is 6.54 Å². The van der Waals surface area contributed by atoms with E-state index < -0.39 is 12.1 Å². The van der Waals surface area contributed by atoms with Crippen LogP contribution >= 0.6 is 0 Å². The van der Waals surface area contributed by atoms with Gasteiger partial charge in [-0.3, -0.25) is 20.4 Å². The molecular formula is C13H20N4O2. The van der Waals surface area contributed by atoms with Gasteiger partial charge in [-0.1, -0.05) is 0 Å². The summed E-state index contributed by atoms with van der Waals surface area (Å²) in [5.74, 6) is -0.355. The maximum absolute atomic E-state index is 11.7. The first-order chi connectivity index (χ1) is 9.04. The highest BCUT2D eigenvalue weighted by Gasteiger charge is 2.17. The van der Waals surface area contributed by atoms with Crippen LogP contribution in [0, 0.1) is 0 Å². The Morgan fingerprint density at radius 3 is 2.47 bits per heavy atom. The third kappa shape index (κ3) is 5.05. The molecule has 104 valence electrons. The Labute approximate surface area is 113 Å². The zero-order chi connectivity index (χ0) is 14.3. The SMILES string of the molecule is CCNC(=O)NC(=O)C(C)N[C@@H](C)c1ccncc1. The van der Waals surface area contributed by atoms with Gasteiger partial charge in [0.15, 0.2) is 0 Å². The van der Waals surface area contributed by atoms with Gasteiger partial charge < -0.3 is 5.32 Å². The molecule has 1 aromatic rings. The van der Waals surface area contributed by atoms with Crippen molar-refractivity contribution >= 4 is 11.9 Å². The minimum absolute atomic E-state index is 0.00186. The number of rotatable bonds is 5. The monoisotopic (exact) mass is 264 g/mol. The lowest BCUT2D eigenvalue weighted by atomic mass is 10.1. The lowest BCUT2D eigenvalue weighted by Gasteiger charge is -2.19. The highest BCUT2D eigenvalue weighted by molar-refractivity contribution is 5.96. The van der Waals surface area contributed by atoms with Crippen LogP contribution in [0.15, 0.2) is 24.5 Å². The molecule has 0 bridgehead atoms. The molecule has 1 heterocycles. The molecule has 0 aliphatic rings. The number of amides is 3. The molecule has 3 amide bonds. The first-order valence-corrected chi connectivity index (χ1v) is 6.29. The molecule has 6 nitrogen and oxygen atoms in total. The second kappa shape index (κ2) is 7.48. The minimum atomic E-state index is -0.474. The number of aromatic nitrogens is 1. The third-order valence-electron chi connectivity index (χ3n) is 2.67. The van der Waals surface area contributed by atoms with E-state index in [4.69, 9.17) is 0 Å². The molecule has 1 aromatic heterocycles. The Hall–Kier alpha value is -1.95. The fourth-order valence-corrected chi connectivity index (χ4v) is 1.62. The quantitative estimate of drug-likeness (QED) is 0.740. The zero-order valence-corrected chi connectivity index (χ0v) is 11.4. The van der Waals surface area contributed by atoms with Crippen molar-refractivity contribution in [2.45, 2.75) is 32.9 Å². The van der Waals surface area contributed by atoms with E-state index in [9.17, 15) is 9.59 Å². The highest BCUT2D eigenvalue weighted by atomic mass is 16.2. The van der Waals surface area contributed by atoms with Gasteiger partial charge in [0.2, 0.25) is 5.91 Å². The summed E-state index contributed by atoms with van der Waals surface area (Å²) >= 11 is 0. The average molecular weight is 264 g/mol. The number of urea groups is 1. The van der Waals surface area contributed by atoms with E-state index in [1.165, 1.54) is 0 Å². The van der Waals surface area contributed by atoms with E-state index in [0.29, 0.717) is 6.54 Å². The normalized spacial score (nSPS) is 13.4. The molecule has 6 heteroatoms. The minimum Gasteiger partial charge on any atom is -0.338 e. The molecule has 0 spiro atoms. The van der Waals surface area contributed by atoms with Crippen LogP contribution in [0.3, 0.4) is 0 Å². The Kier molecular flexibility index (Phi) is 5.95. The maximum Gasteiger partial charge on any atom is 0.321 e. The molecule has 1 unspecified atom stereocenters. The Bertz CT molecular complexity index is 422. The van der Waals surface area contributed by atoms with E-state index >= 15 is 0 Å². The molecule has 0 saturated carbocycles. The van der Waals surface area contributed by atoms with Gasteiger partial charge in [0, 0.05) is 25.0 Å². The van der Waals surface area contributed by atoms with Crippen molar-refractivity contribution in [3.63, 3.8) is 0 Å². The van der Waals surface area contributed by atoms with Crippen LogP contribution in [0.1, 0.15) is 32.4 Å². The summed E-state index contributed by atoms with van der Waals surface area (Å²) in [5.41, 5.74) is 1.03. The van der Waals surface area contributed by atoms with Crippen LogP contribution in [0.5, 0.6) is 0 Å². The van der Waals surface area contributed by atoms with Gasteiger partial charge in [0.25, 0.3) is 0 Å². The summed E-state index contributed by atoms with van der Waals surface area (Å²) < 4.78 is 0. The van der Waals surface area contributed by atoms with Gasteiger partial charge in [-0.05, 0) is 38.5 Å². The van der Waals surface area contributed by atoms with Crippen LogP contribution < -0.4 is 16.0 Å². The van der Waals surface area contributed by atoms with Crippen molar-refractivity contribution in [2.24, 2.45) is 0 Å². The van der Waals surface area contributed by atoms with Crippen LogP contribution in [0.4, 0.5) is 4.79 Å². The fraction of sp³-hybridized carbons (Fsp3) is 0.462. The van der Waals surface area contributed by atoms with Gasteiger partial charge in [0.1, 0.15) is 0 Å². The smallest absolute Gasteiger partial charge is 0.321 e. The van der Waals surface area contributed by atoms with Crippen LogP contribution in [-0.2, 0) is 4.79 Å². The largest absolute Gasteiger partial charge is 0.338 e. The second-order valence-corrected chi connectivity index (χ2v) is 4.24. The van der Waals surface area contributed by atoms with Gasteiger partial charge >= 0.3 is 6.03 Å². The summed E-state index contributed by atoms with van der Waals surface area (Å²) in [6.45, 7) is 5.93. The van der Waals surface area contributed by atoms with Crippen molar-refractivity contribution < 1.29 is 9.59 Å². The zero-order valence-electron chi connectivity index (χ0n) is 11.4. The van der Waals surface area contributed by atoms with Crippen molar-refractivity contribution in [3.8, 4) is 0 Å². The summed E-state index contributed by atoms with van der Waals surface area (Å²) in [6.07, 6.45) is 3.40. The van der Waals surface area contributed by atoms with Crippen molar-refractivity contribution in [1.82, 2.24) is 20.9 Å². The molecule has 2 atom stereocenters. The number of nitrogens with one attached hydrogen (secondary N) is 3. The number of pyridine rings is 1. The van der Waals surface area contributed by atoms with Gasteiger partial charge in [-0.2, -0.15) is 0 Å². The topological polar surface area (TPSA) is 83.1 Å². The number of hydrogen-bond donors (Lipinski definition) is 3. The fourth-order valence-electron chi connectivity index (χ4n) is 1.62. The Morgan fingerprint density at radius 2 is 1.89 bits per heavy atom.